The first kappa shape index (κ1) is 18.7. The van der Waals surface area contributed by atoms with Crippen molar-refractivity contribution in [1.29, 1.82) is 0 Å². The van der Waals surface area contributed by atoms with Gasteiger partial charge in [0.25, 0.3) is 0 Å². The molecule has 1 aromatic rings. The Bertz CT molecular complexity index is 599. The molecule has 0 aliphatic rings. The fourth-order valence-electron chi connectivity index (χ4n) is 1.58. The van der Waals surface area contributed by atoms with Crippen molar-refractivity contribution in [2.75, 3.05) is 25.4 Å². The Morgan fingerprint density at radius 3 is 2.29 bits per heavy atom. The summed E-state index contributed by atoms with van der Waals surface area (Å²) in [6.07, 6.45) is -4.74. The fraction of sp³-hybridized carbons (Fsp3) is 0.400. The number of nitrogen functional groups attached to an aromatic ring is 1. The average molecular weight is 456 g/mol. The Morgan fingerprint density at radius 2 is 1.86 bits per heavy atom. The number of nitrogens with two attached hydrogens (primary N) is 1. The number of nitrogens with zero attached hydrogens (tertiary/aromatic N) is 1. The minimum atomic E-state index is -4.74. The second-order valence-corrected chi connectivity index (χ2v) is 7.63. The van der Waals surface area contributed by atoms with Gasteiger partial charge in [-0.3, -0.25) is 0 Å². The zero-order valence-electron chi connectivity index (χ0n) is 10.4. The highest BCUT2D eigenvalue weighted by Gasteiger charge is 2.38. The minimum Gasteiger partial charge on any atom is -0.398 e. The van der Waals surface area contributed by atoms with Crippen LogP contribution < -0.4 is 5.73 Å². The third-order valence-electron chi connectivity index (χ3n) is 2.34. The third kappa shape index (κ3) is 4.81. The van der Waals surface area contributed by atoms with E-state index in [4.69, 9.17) is 10.8 Å². The van der Waals surface area contributed by atoms with Crippen molar-refractivity contribution in [3.05, 3.63) is 21.1 Å². The molecule has 0 radical (unpaired) electrons. The van der Waals surface area contributed by atoms with Crippen LogP contribution in [0.4, 0.5) is 18.9 Å². The first-order valence-electron chi connectivity index (χ1n) is 5.41. The summed E-state index contributed by atoms with van der Waals surface area (Å²) in [5.74, 6) is 0. The van der Waals surface area contributed by atoms with Crippen LogP contribution in [0, 0.1) is 0 Å². The number of hydrogen-bond donors (Lipinski definition) is 2. The van der Waals surface area contributed by atoms with Crippen molar-refractivity contribution < 1.29 is 26.7 Å². The zero-order valence-corrected chi connectivity index (χ0v) is 14.4. The molecule has 120 valence electrons. The van der Waals surface area contributed by atoms with E-state index in [-0.39, 0.29) is 14.5 Å². The predicted molar refractivity (Wildman–Crippen MR) is 78.2 cm³/mol. The van der Waals surface area contributed by atoms with Gasteiger partial charge in [-0.25, -0.2) is 8.42 Å². The second-order valence-electron chi connectivity index (χ2n) is 3.98. The van der Waals surface area contributed by atoms with E-state index in [1.807, 2.05) is 0 Å². The smallest absolute Gasteiger partial charge is 0.398 e. The summed E-state index contributed by atoms with van der Waals surface area (Å²) in [7, 11) is -4.51. The standard InChI is InChI=1S/C10H11Br2F3N2O3S/c11-6-3-7(12)9(8(16)4-6)21(19,20)17(1-2-18)5-10(13,14)15/h3-4,18H,1-2,5,16H2. The lowest BCUT2D eigenvalue weighted by atomic mass is 10.3. The highest BCUT2D eigenvalue weighted by molar-refractivity contribution is 9.11. The van der Waals surface area contributed by atoms with Crippen LogP contribution in [0.15, 0.2) is 26.0 Å². The van der Waals surface area contributed by atoms with Gasteiger partial charge in [-0.15, -0.1) is 0 Å². The maximum atomic E-state index is 12.5. The Morgan fingerprint density at radius 1 is 1.29 bits per heavy atom. The van der Waals surface area contributed by atoms with Crippen LogP contribution in [0.5, 0.6) is 0 Å². The highest BCUT2D eigenvalue weighted by Crippen LogP contribution is 2.34. The van der Waals surface area contributed by atoms with Crippen LogP contribution in [0.25, 0.3) is 0 Å². The van der Waals surface area contributed by atoms with E-state index in [1.165, 1.54) is 12.1 Å². The maximum absolute atomic E-state index is 12.5. The molecule has 0 fully saturated rings. The molecule has 0 aliphatic heterocycles. The van der Waals surface area contributed by atoms with Gasteiger partial charge in [0.1, 0.15) is 11.4 Å². The Kier molecular flexibility index (Phi) is 6.07. The van der Waals surface area contributed by atoms with Crippen LogP contribution in [-0.4, -0.2) is 43.7 Å². The molecule has 0 spiro atoms. The van der Waals surface area contributed by atoms with Gasteiger partial charge in [0.2, 0.25) is 10.0 Å². The van der Waals surface area contributed by atoms with Crippen LogP contribution in [-0.2, 0) is 10.0 Å². The van der Waals surface area contributed by atoms with Crippen LogP contribution in [0.1, 0.15) is 0 Å². The van der Waals surface area contributed by atoms with Crippen molar-refractivity contribution in [2.24, 2.45) is 0 Å². The number of sulfonamides is 1. The molecule has 11 heteroatoms. The molecule has 0 heterocycles. The normalized spacial score (nSPS) is 12.9. The maximum Gasteiger partial charge on any atom is 0.402 e. The van der Waals surface area contributed by atoms with Gasteiger partial charge in [0, 0.05) is 15.5 Å². The van der Waals surface area contributed by atoms with Gasteiger partial charge < -0.3 is 10.8 Å². The Hall–Kier alpha value is -0.360. The molecule has 3 N–H and O–H groups in total. The summed E-state index contributed by atoms with van der Waals surface area (Å²) >= 11 is 6.07. The quantitative estimate of drug-likeness (QED) is 0.667. The van der Waals surface area contributed by atoms with Crippen molar-refractivity contribution in [1.82, 2.24) is 4.31 Å². The number of anilines is 1. The molecule has 0 aliphatic carbocycles. The monoisotopic (exact) mass is 454 g/mol. The van der Waals surface area contributed by atoms with Gasteiger partial charge in [-0.05, 0) is 28.1 Å². The van der Waals surface area contributed by atoms with Gasteiger partial charge in [0.05, 0.1) is 12.3 Å². The van der Waals surface area contributed by atoms with Crippen molar-refractivity contribution >= 4 is 47.6 Å². The number of aliphatic hydroxyl groups excluding tert-OH is 1. The fourth-order valence-corrected chi connectivity index (χ4v) is 5.01. The average Bonchev–Trinajstić information content (AvgIpc) is 2.24. The van der Waals surface area contributed by atoms with Gasteiger partial charge in [0.15, 0.2) is 0 Å². The van der Waals surface area contributed by atoms with E-state index in [0.717, 1.165) is 0 Å². The molecule has 0 amide bonds. The molecular weight excluding hydrogens is 445 g/mol. The molecule has 0 aromatic heterocycles. The summed E-state index contributed by atoms with van der Waals surface area (Å²) in [4.78, 5) is -0.469. The number of alkyl halides is 3. The van der Waals surface area contributed by atoms with Crippen molar-refractivity contribution in [3.63, 3.8) is 0 Å². The topological polar surface area (TPSA) is 83.6 Å². The first-order valence-corrected chi connectivity index (χ1v) is 8.44. The van der Waals surface area contributed by atoms with Gasteiger partial charge in [-0.2, -0.15) is 17.5 Å². The summed E-state index contributed by atoms with van der Waals surface area (Å²) in [6.45, 7) is -3.15. The Balaban J connectivity index is 3.36. The predicted octanol–water partition coefficient (Wildman–Crippen LogP) is 2.34. The SMILES string of the molecule is Nc1cc(Br)cc(Br)c1S(=O)(=O)N(CCO)CC(F)(F)F. The van der Waals surface area contributed by atoms with Crippen LogP contribution in [0.2, 0.25) is 0 Å². The van der Waals surface area contributed by atoms with E-state index in [0.29, 0.717) is 4.47 Å². The zero-order chi connectivity index (χ0) is 16.4. The van der Waals surface area contributed by atoms with E-state index in [2.05, 4.69) is 31.9 Å². The molecule has 0 atom stereocenters. The molecule has 21 heavy (non-hydrogen) atoms. The lowest BCUT2D eigenvalue weighted by Gasteiger charge is -2.24. The molecule has 0 saturated heterocycles. The van der Waals surface area contributed by atoms with Gasteiger partial charge >= 0.3 is 6.18 Å². The van der Waals surface area contributed by atoms with E-state index in [1.54, 1.807) is 0 Å². The van der Waals surface area contributed by atoms with E-state index < -0.39 is 40.8 Å². The third-order valence-corrected chi connectivity index (χ3v) is 5.65. The Labute approximate surface area is 136 Å². The van der Waals surface area contributed by atoms with Crippen LogP contribution >= 0.6 is 31.9 Å². The molecule has 1 rings (SSSR count). The molecule has 0 bridgehead atoms. The van der Waals surface area contributed by atoms with Crippen molar-refractivity contribution in [3.8, 4) is 0 Å². The summed E-state index contributed by atoms with van der Waals surface area (Å²) in [5.41, 5.74) is 5.39. The lowest BCUT2D eigenvalue weighted by molar-refractivity contribution is -0.136. The molecular formula is C10H11Br2F3N2O3S. The lowest BCUT2D eigenvalue weighted by Crippen LogP contribution is -2.41. The summed E-state index contributed by atoms with van der Waals surface area (Å²) in [5, 5.41) is 8.80. The van der Waals surface area contributed by atoms with Gasteiger partial charge in [-0.1, -0.05) is 15.9 Å². The second kappa shape index (κ2) is 6.82. The largest absolute Gasteiger partial charge is 0.402 e. The minimum absolute atomic E-state index is 0.0273. The summed E-state index contributed by atoms with van der Waals surface area (Å²) < 4.78 is 62.8. The molecule has 0 saturated carbocycles. The molecule has 5 nitrogen and oxygen atoms in total. The van der Waals surface area contributed by atoms with E-state index in [9.17, 15) is 21.6 Å². The van der Waals surface area contributed by atoms with E-state index >= 15 is 0 Å². The first-order chi connectivity index (χ1) is 9.49. The number of hydrogen-bond acceptors (Lipinski definition) is 4. The highest BCUT2D eigenvalue weighted by atomic mass is 79.9. The summed E-state index contributed by atoms with van der Waals surface area (Å²) in [6, 6.07) is 2.62. The number of rotatable bonds is 5. The number of benzene rings is 1. The molecule has 0 unspecified atom stereocenters. The van der Waals surface area contributed by atoms with Crippen LogP contribution in [0.3, 0.4) is 0 Å². The number of aliphatic hydroxyl groups is 1. The van der Waals surface area contributed by atoms with Crippen molar-refractivity contribution in [2.45, 2.75) is 11.1 Å². The molecule has 1 aromatic carbocycles. The number of halogens is 5.